The van der Waals surface area contributed by atoms with Crippen molar-refractivity contribution in [1.29, 1.82) is 0 Å². The minimum Gasteiger partial charge on any atom is -0.299 e. The average Bonchev–Trinajstić information content (AvgIpc) is 2.67. The first-order valence-corrected chi connectivity index (χ1v) is 13.0. The van der Waals surface area contributed by atoms with Gasteiger partial charge in [-0.2, -0.15) is 0 Å². The first-order chi connectivity index (χ1) is 14.3. The summed E-state index contributed by atoms with van der Waals surface area (Å²) in [4.78, 5) is 24.0. The summed E-state index contributed by atoms with van der Waals surface area (Å²) in [6.45, 7) is 16.7. The number of hydrogen-bond acceptors (Lipinski definition) is 2. The van der Waals surface area contributed by atoms with Gasteiger partial charge in [-0.25, -0.2) is 0 Å². The lowest BCUT2D eigenvalue weighted by molar-refractivity contribution is -0.225. The summed E-state index contributed by atoms with van der Waals surface area (Å²) in [7, 11) is 0. The van der Waals surface area contributed by atoms with Gasteiger partial charge in [0, 0.05) is 12.3 Å². The summed E-state index contributed by atoms with van der Waals surface area (Å²) in [6, 6.07) is 0. The number of hydrogen-bond donors (Lipinski definition) is 0. The van der Waals surface area contributed by atoms with Gasteiger partial charge in [0.25, 0.3) is 0 Å². The highest BCUT2D eigenvalue weighted by Gasteiger charge is 2.67. The molecule has 0 aromatic carbocycles. The molecule has 0 aromatic rings. The lowest BCUT2D eigenvalue weighted by atomic mass is 9.33. The Morgan fingerprint density at radius 2 is 1.65 bits per heavy atom. The van der Waals surface area contributed by atoms with Crippen LogP contribution in [0.4, 0.5) is 0 Å². The van der Waals surface area contributed by atoms with Crippen LogP contribution in [0.1, 0.15) is 113 Å². The average molecular weight is 427 g/mol. The maximum Gasteiger partial charge on any atom is 0.152 e. The molecule has 0 radical (unpaired) electrons. The number of carbonyl (C=O) groups is 2. The van der Waals surface area contributed by atoms with Crippen LogP contribution in [0.15, 0.2) is 12.2 Å². The highest BCUT2D eigenvalue weighted by molar-refractivity contribution is 5.87. The maximum atomic E-state index is 12.6. The lowest BCUT2D eigenvalue weighted by Crippen LogP contribution is -2.64. The summed E-state index contributed by atoms with van der Waals surface area (Å²) in [6.07, 6.45) is 15.9. The minimum absolute atomic E-state index is 0.161. The molecule has 0 heterocycles. The quantitative estimate of drug-likeness (QED) is 0.436. The minimum atomic E-state index is 0.161. The number of rotatable bonds is 3. The van der Waals surface area contributed by atoms with Gasteiger partial charge in [-0.1, -0.05) is 47.6 Å². The topological polar surface area (TPSA) is 34.1 Å². The largest absolute Gasteiger partial charge is 0.299 e. The molecule has 0 spiro atoms. The van der Waals surface area contributed by atoms with E-state index in [0.717, 1.165) is 25.2 Å². The summed E-state index contributed by atoms with van der Waals surface area (Å²) >= 11 is 0. The second-order valence-electron chi connectivity index (χ2n) is 13.6. The van der Waals surface area contributed by atoms with Gasteiger partial charge in [0.15, 0.2) is 5.78 Å². The third-order valence-corrected chi connectivity index (χ3v) is 11.9. The molecule has 0 unspecified atom stereocenters. The van der Waals surface area contributed by atoms with Crippen molar-refractivity contribution in [2.75, 3.05) is 0 Å². The van der Waals surface area contributed by atoms with Gasteiger partial charge in [0.2, 0.25) is 0 Å². The molecule has 174 valence electrons. The van der Waals surface area contributed by atoms with Crippen molar-refractivity contribution in [2.24, 2.45) is 44.8 Å². The first kappa shape index (κ1) is 23.2. The molecule has 0 aromatic heterocycles. The van der Waals surface area contributed by atoms with Crippen LogP contribution in [0.5, 0.6) is 0 Å². The number of carbonyl (C=O) groups excluding carboxylic acids is 2. The molecule has 0 bridgehead atoms. The van der Waals surface area contributed by atoms with E-state index in [4.69, 9.17) is 0 Å². The Morgan fingerprint density at radius 3 is 2.32 bits per heavy atom. The lowest BCUT2D eigenvalue weighted by Gasteiger charge is -2.72. The van der Waals surface area contributed by atoms with Gasteiger partial charge in [-0.15, -0.1) is 0 Å². The van der Waals surface area contributed by atoms with E-state index >= 15 is 0 Å². The van der Waals surface area contributed by atoms with E-state index in [-0.39, 0.29) is 17.1 Å². The molecule has 31 heavy (non-hydrogen) atoms. The Kier molecular flexibility index (Phi) is 5.47. The van der Waals surface area contributed by atoms with E-state index < -0.39 is 0 Å². The van der Waals surface area contributed by atoms with E-state index in [1.54, 1.807) is 13.0 Å². The number of ketones is 2. The zero-order chi connectivity index (χ0) is 22.9. The van der Waals surface area contributed by atoms with Crippen molar-refractivity contribution in [3.05, 3.63) is 12.2 Å². The van der Waals surface area contributed by atoms with Crippen LogP contribution in [0.3, 0.4) is 0 Å². The Morgan fingerprint density at radius 1 is 0.935 bits per heavy atom. The molecule has 2 nitrogen and oxygen atoms in total. The van der Waals surface area contributed by atoms with Crippen LogP contribution in [0, 0.1) is 44.8 Å². The van der Waals surface area contributed by atoms with Gasteiger partial charge in [0.05, 0.1) is 0 Å². The first-order valence-electron chi connectivity index (χ1n) is 13.0. The third-order valence-electron chi connectivity index (χ3n) is 11.9. The molecule has 4 aliphatic carbocycles. The molecule has 0 amide bonds. The van der Waals surface area contributed by atoms with Crippen molar-refractivity contribution in [3.63, 3.8) is 0 Å². The second-order valence-corrected chi connectivity index (χ2v) is 13.6. The molecular weight excluding hydrogens is 380 g/mol. The highest BCUT2D eigenvalue weighted by Crippen LogP contribution is 2.75. The van der Waals surface area contributed by atoms with Crippen LogP contribution in [-0.2, 0) is 9.59 Å². The van der Waals surface area contributed by atoms with Crippen LogP contribution in [0.2, 0.25) is 0 Å². The molecule has 4 saturated carbocycles. The van der Waals surface area contributed by atoms with Gasteiger partial charge >= 0.3 is 0 Å². The number of fused-ring (bicyclic) bond motifs is 5. The summed E-state index contributed by atoms with van der Waals surface area (Å²) in [5.74, 6) is 2.37. The molecule has 4 aliphatic rings. The van der Waals surface area contributed by atoms with E-state index in [0.29, 0.717) is 33.4 Å². The Hall–Kier alpha value is -0.920. The molecule has 0 aliphatic heterocycles. The highest BCUT2D eigenvalue weighted by atomic mass is 16.1. The molecule has 8 atom stereocenters. The van der Waals surface area contributed by atoms with E-state index in [9.17, 15) is 9.59 Å². The predicted octanol–water partition coefficient (Wildman–Crippen LogP) is 7.56. The Bertz CT molecular complexity index is 797. The van der Waals surface area contributed by atoms with Crippen molar-refractivity contribution in [2.45, 2.75) is 113 Å². The zero-order valence-electron chi connectivity index (χ0n) is 21.3. The molecular formula is C29H46O2. The second kappa shape index (κ2) is 7.29. The van der Waals surface area contributed by atoms with E-state index in [1.165, 1.54) is 44.9 Å². The van der Waals surface area contributed by atoms with Crippen LogP contribution < -0.4 is 0 Å². The smallest absolute Gasteiger partial charge is 0.152 e. The SMILES string of the molecule is CC(=O)C=CC[C@]1(C)CC[C@]2(C)[C@H]3CC[C@@]4(C)[C@@H](CCC(=O)[C@@H]4C)[C@]3(C)CC[C@@]2(C)C1. The van der Waals surface area contributed by atoms with Crippen molar-refractivity contribution < 1.29 is 9.59 Å². The summed E-state index contributed by atoms with van der Waals surface area (Å²) < 4.78 is 0. The third kappa shape index (κ3) is 3.33. The molecule has 0 saturated heterocycles. The Balaban J connectivity index is 1.62. The van der Waals surface area contributed by atoms with Crippen molar-refractivity contribution in [3.8, 4) is 0 Å². The molecule has 0 N–H and O–H groups in total. The number of Topliss-reactive ketones (excluding diaryl/α,β-unsaturated/α-hetero) is 1. The summed E-state index contributed by atoms with van der Waals surface area (Å²) in [5.41, 5.74) is 1.64. The molecule has 4 fully saturated rings. The van der Waals surface area contributed by atoms with Crippen molar-refractivity contribution in [1.82, 2.24) is 0 Å². The normalized spacial score (nSPS) is 52.4. The van der Waals surface area contributed by atoms with Gasteiger partial charge in [-0.3, -0.25) is 9.59 Å². The monoisotopic (exact) mass is 426 g/mol. The molecule has 4 rings (SSSR count). The zero-order valence-corrected chi connectivity index (χ0v) is 21.3. The van der Waals surface area contributed by atoms with E-state index in [1.807, 2.05) is 0 Å². The van der Waals surface area contributed by atoms with Gasteiger partial charge in [-0.05, 0) is 110 Å². The fourth-order valence-corrected chi connectivity index (χ4v) is 9.69. The fourth-order valence-electron chi connectivity index (χ4n) is 9.69. The van der Waals surface area contributed by atoms with Crippen LogP contribution in [0.25, 0.3) is 0 Å². The predicted molar refractivity (Wildman–Crippen MR) is 128 cm³/mol. The van der Waals surface area contributed by atoms with Crippen LogP contribution in [-0.4, -0.2) is 11.6 Å². The van der Waals surface area contributed by atoms with Gasteiger partial charge in [0.1, 0.15) is 5.78 Å². The Labute approximate surface area is 191 Å². The van der Waals surface area contributed by atoms with E-state index in [2.05, 4.69) is 47.6 Å². The van der Waals surface area contributed by atoms with Crippen LogP contribution >= 0.6 is 0 Å². The number of allylic oxidation sites excluding steroid dienone is 2. The fraction of sp³-hybridized carbons (Fsp3) is 0.862. The van der Waals surface area contributed by atoms with Gasteiger partial charge < -0.3 is 0 Å². The molecule has 2 heteroatoms. The standard InChI is InChI=1S/C29H46O2/c1-20(30)9-8-13-25(3)15-18-29(7)24-12-14-27(5)21(2)22(31)10-11-23(27)28(24,6)17-16-26(29,4)19-25/h8-9,21,23-24H,10-19H2,1-7H3/t21-,23+,24-,25+,26-,27+,28-,29+/m0/s1. The maximum absolute atomic E-state index is 12.6. The summed E-state index contributed by atoms with van der Waals surface area (Å²) in [5, 5.41) is 0. The van der Waals surface area contributed by atoms with Crippen molar-refractivity contribution >= 4 is 11.6 Å².